The maximum Gasteiger partial charge on any atom is 0.404 e. The Morgan fingerprint density at radius 3 is 2.73 bits per heavy atom. The van der Waals surface area contributed by atoms with Gasteiger partial charge in [-0.15, -0.1) is 0 Å². The van der Waals surface area contributed by atoms with Crippen LogP contribution in [0.3, 0.4) is 0 Å². The first-order valence-electron chi connectivity index (χ1n) is 10.0. The molecule has 5 N–H and O–H groups in total. The Balaban J connectivity index is 1.68. The zero-order valence-corrected chi connectivity index (χ0v) is 18.7. The Bertz CT molecular complexity index is 997. The number of carboxylic acid groups (broad SMARTS) is 1. The molecule has 2 atom stereocenters. The van der Waals surface area contributed by atoms with Gasteiger partial charge in [0.05, 0.1) is 15.2 Å². The molecule has 0 radical (unpaired) electrons. The molecule has 2 aliphatic rings. The number of benzene rings is 1. The number of nitrogens with zero attached hydrogens (tertiary/aromatic N) is 1. The molecule has 9 heteroatoms. The second-order valence-corrected chi connectivity index (χ2v) is 8.82. The van der Waals surface area contributed by atoms with Crippen molar-refractivity contribution in [1.82, 2.24) is 15.6 Å². The molecule has 0 bridgehead atoms. The van der Waals surface area contributed by atoms with Crippen molar-refractivity contribution >= 4 is 51.9 Å². The molecule has 1 aliphatic carbocycles. The summed E-state index contributed by atoms with van der Waals surface area (Å²) < 4.78 is 0.885. The molecule has 1 fully saturated rings. The number of carbonyl (C=O) groups excluding carboxylic acids is 1. The third-order valence-corrected chi connectivity index (χ3v) is 6.73. The van der Waals surface area contributed by atoms with Crippen molar-refractivity contribution < 1.29 is 14.7 Å². The molecule has 4 rings (SSSR count). The zero-order chi connectivity index (χ0) is 21.3. The molecule has 158 valence electrons. The number of anilines is 3. The van der Waals surface area contributed by atoms with Gasteiger partial charge in [0.2, 0.25) is 0 Å². The van der Waals surface area contributed by atoms with Crippen LogP contribution in [-0.4, -0.2) is 34.2 Å². The van der Waals surface area contributed by atoms with Gasteiger partial charge >= 0.3 is 6.09 Å². The summed E-state index contributed by atoms with van der Waals surface area (Å²) in [5, 5.41) is 21.5. The van der Waals surface area contributed by atoms with Gasteiger partial charge in [0.1, 0.15) is 11.6 Å². The fourth-order valence-electron chi connectivity index (χ4n) is 4.14. The molecule has 2 heterocycles. The van der Waals surface area contributed by atoms with Gasteiger partial charge in [-0.1, -0.05) is 25.0 Å². The Labute approximate surface area is 188 Å². The zero-order valence-electron chi connectivity index (χ0n) is 16.6. The number of carbonyl (C=O) groups is 2. The smallest absolute Gasteiger partial charge is 0.404 e. The van der Waals surface area contributed by atoms with Crippen LogP contribution in [0, 0.1) is 10.5 Å². The van der Waals surface area contributed by atoms with E-state index in [9.17, 15) is 14.7 Å². The Morgan fingerprint density at radius 2 is 2.00 bits per heavy atom. The van der Waals surface area contributed by atoms with E-state index in [1.54, 1.807) is 0 Å². The molecule has 0 saturated heterocycles. The van der Waals surface area contributed by atoms with Crippen LogP contribution in [0.5, 0.6) is 0 Å². The SMILES string of the molecule is Cc1cccc(Nc2nc(NC3CCCCC3NC(=O)O)c(I)c3c2C(=O)NC3)c1. The number of hydrogen-bond acceptors (Lipinski definition) is 5. The maximum absolute atomic E-state index is 12.5. The minimum Gasteiger partial charge on any atom is -0.465 e. The fourth-order valence-corrected chi connectivity index (χ4v) is 4.87. The molecular weight excluding hydrogens is 497 g/mol. The highest BCUT2D eigenvalue weighted by Crippen LogP contribution is 2.34. The van der Waals surface area contributed by atoms with Crippen LogP contribution in [-0.2, 0) is 6.54 Å². The van der Waals surface area contributed by atoms with Gasteiger partial charge < -0.3 is 26.4 Å². The monoisotopic (exact) mass is 521 g/mol. The Morgan fingerprint density at radius 1 is 1.23 bits per heavy atom. The number of nitrogens with one attached hydrogen (secondary N) is 4. The van der Waals surface area contributed by atoms with Gasteiger partial charge in [-0.2, -0.15) is 0 Å². The van der Waals surface area contributed by atoms with Crippen LogP contribution >= 0.6 is 22.6 Å². The number of rotatable bonds is 5. The first kappa shape index (κ1) is 20.7. The molecule has 1 aromatic heterocycles. The predicted octanol–water partition coefficient (Wildman–Crippen LogP) is 3.97. The molecule has 1 saturated carbocycles. The molecule has 2 amide bonds. The number of halogens is 1. The second-order valence-electron chi connectivity index (χ2n) is 7.74. The summed E-state index contributed by atoms with van der Waals surface area (Å²) >= 11 is 2.22. The van der Waals surface area contributed by atoms with Crippen molar-refractivity contribution in [3.63, 3.8) is 0 Å². The van der Waals surface area contributed by atoms with Crippen LogP contribution in [0.25, 0.3) is 0 Å². The van der Waals surface area contributed by atoms with Crippen molar-refractivity contribution in [3.05, 3.63) is 44.5 Å². The van der Waals surface area contributed by atoms with Crippen molar-refractivity contribution in [2.24, 2.45) is 0 Å². The number of aromatic nitrogens is 1. The molecule has 0 spiro atoms. The van der Waals surface area contributed by atoms with Crippen molar-refractivity contribution in [3.8, 4) is 0 Å². The molecule has 30 heavy (non-hydrogen) atoms. The first-order chi connectivity index (χ1) is 14.4. The van der Waals surface area contributed by atoms with Crippen LogP contribution in [0.2, 0.25) is 0 Å². The average molecular weight is 521 g/mol. The summed E-state index contributed by atoms with van der Waals surface area (Å²) in [6.45, 7) is 2.46. The van der Waals surface area contributed by atoms with E-state index in [4.69, 9.17) is 4.98 Å². The van der Waals surface area contributed by atoms with E-state index in [0.717, 1.165) is 46.1 Å². The number of pyridine rings is 1. The maximum atomic E-state index is 12.5. The molecule has 1 aliphatic heterocycles. The van der Waals surface area contributed by atoms with E-state index in [2.05, 4.69) is 43.9 Å². The van der Waals surface area contributed by atoms with Crippen molar-refractivity contribution in [2.45, 2.75) is 51.2 Å². The molecule has 2 unspecified atom stereocenters. The summed E-state index contributed by atoms with van der Waals surface area (Å²) in [7, 11) is 0. The summed E-state index contributed by atoms with van der Waals surface area (Å²) in [6, 6.07) is 7.68. The van der Waals surface area contributed by atoms with Crippen LogP contribution < -0.4 is 21.3 Å². The van der Waals surface area contributed by atoms with Gasteiger partial charge in [0.15, 0.2) is 0 Å². The number of aryl methyl sites for hydroxylation is 1. The van der Waals surface area contributed by atoms with Gasteiger partial charge in [-0.25, -0.2) is 9.78 Å². The van der Waals surface area contributed by atoms with Gasteiger partial charge in [0, 0.05) is 23.8 Å². The first-order valence-corrected chi connectivity index (χ1v) is 11.1. The third kappa shape index (κ3) is 4.30. The molecular formula is C21H24IN5O3. The average Bonchev–Trinajstić information content (AvgIpc) is 3.09. The van der Waals surface area contributed by atoms with Crippen molar-refractivity contribution in [2.75, 3.05) is 10.6 Å². The van der Waals surface area contributed by atoms with E-state index in [0.29, 0.717) is 23.7 Å². The fraction of sp³-hybridized carbons (Fsp3) is 0.381. The van der Waals surface area contributed by atoms with Crippen LogP contribution in [0.4, 0.5) is 22.1 Å². The highest BCUT2D eigenvalue weighted by Gasteiger charge is 2.31. The lowest BCUT2D eigenvalue weighted by molar-refractivity contribution is 0.0966. The third-order valence-electron chi connectivity index (χ3n) is 5.57. The number of hydrogen-bond donors (Lipinski definition) is 5. The predicted molar refractivity (Wildman–Crippen MR) is 123 cm³/mol. The quantitative estimate of drug-likeness (QED) is 0.381. The van der Waals surface area contributed by atoms with E-state index < -0.39 is 6.09 Å². The minimum absolute atomic E-state index is 0.0502. The van der Waals surface area contributed by atoms with Crippen molar-refractivity contribution in [1.29, 1.82) is 0 Å². The standard InChI is InChI=1S/C21H24IN5O3/c1-11-5-4-6-12(9-11)24-18-16-13(10-23-20(16)28)17(22)19(27-18)25-14-7-2-3-8-15(14)26-21(29)30/h4-6,9,14-15,26H,2-3,7-8,10H2,1H3,(H,23,28)(H,29,30)(H2,24,25,27). The Hall–Kier alpha value is -2.56. The summed E-state index contributed by atoms with van der Waals surface area (Å²) in [5.74, 6) is 1.04. The van der Waals surface area contributed by atoms with Gasteiger partial charge in [-0.3, -0.25) is 4.79 Å². The lowest BCUT2D eigenvalue weighted by atomic mass is 9.90. The topological polar surface area (TPSA) is 115 Å². The van der Waals surface area contributed by atoms with E-state index >= 15 is 0 Å². The Kier molecular flexibility index (Phi) is 5.98. The summed E-state index contributed by atoms with van der Waals surface area (Å²) in [4.78, 5) is 28.4. The van der Waals surface area contributed by atoms with Gasteiger partial charge in [-0.05, 0) is 60.1 Å². The second kappa shape index (κ2) is 8.66. The van der Waals surface area contributed by atoms with E-state index in [-0.39, 0.29) is 18.0 Å². The highest BCUT2D eigenvalue weighted by atomic mass is 127. The summed E-state index contributed by atoms with van der Waals surface area (Å²) in [5.41, 5.74) is 3.44. The highest BCUT2D eigenvalue weighted by molar-refractivity contribution is 14.1. The number of fused-ring (bicyclic) bond motifs is 1. The van der Waals surface area contributed by atoms with Gasteiger partial charge in [0.25, 0.3) is 5.91 Å². The largest absolute Gasteiger partial charge is 0.465 e. The number of amides is 2. The van der Waals surface area contributed by atoms with Crippen LogP contribution in [0.1, 0.15) is 47.2 Å². The van der Waals surface area contributed by atoms with E-state index in [1.807, 2.05) is 31.2 Å². The molecule has 8 nitrogen and oxygen atoms in total. The minimum atomic E-state index is -1.01. The lowest BCUT2D eigenvalue weighted by Crippen LogP contribution is -2.48. The normalized spacial score (nSPS) is 20.3. The lowest BCUT2D eigenvalue weighted by Gasteiger charge is -2.32. The molecule has 2 aromatic rings. The van der Waals surface area contributed by atoms with Crippen LogP contribution in [0.15, 0.2) is 24.3 Å². The molecule has 1 aromatic carbocycles. The van der Waals surface area contributed by atoms with E-state index in [1.165, 1.54) is 0 Å². The summed E-state index contributed by atoms with van der Waals surface area (Å²) in [6.07, 6.45) is 2.67.